The molecule has 1 aromatic heterocycles. The molecule has 0 aromatic carbocycles. The molecule has 124 valence electrons. The first-order valence-electron chi connectivity index (χ1n) is 7.81. The molecule has 6 heteroatoms. The van der Waals surface area contributed by atoms with Crippen LogP contribution in [-0.2, 0) is 6.54 Å². The SMILES string of the molecule is CC(C)NC(N)=NCc1ccnc(OC2CCCCC2)c1.I. The van der Waals surface area contributed by atoms with E-state index in [1.165, 1.54) is 19.3 Å². The minimum Gasteiger partial charge on any atom is -0.474 e. The average molecular weight is 418 g/mol. The molecule has 1 saturated carbocycles. The van der Waals surface area contributed by atoms with Crippen LogP contribution in [0.25, 0.3) is 0 Å². The highest BCUT2D eigenvalue weighted by Gasteiger charge is 2.15. The van der Waals surface area contributed by atoms with E-state index in [1.807, 2.05) is 26.0 Å². The fraction of sp³-hybridized carbons (Fsp3) is 0.625. The van der Waals surface area contributed by atoms with Crippen molar-refractivity contribution in [3.8, 4) is 5.88 Å². The molecule has 1 aliphatic rings. The van der Waals surface area contributed by atoms with Crippen LogP contribution in [0.5, 0.6) is 5.88 Å². The van der Waals surface area contributed by atoms with Crippen LogP contribution in [0.4, 0.5) is 0 Å². The number of nitrogens with zero attached hydrogens (tertiary/aromatic N) is 2. The Hall–Kier alpha value is -1.05. The molecule has 0 radical (unpaired) electrons. The van der Waals surface area contributed by atoms with Crippen LogP contribution < -0.4 is 15.8 Å². The molecular formula is C16H27IN4O. The summed E-state index contributed by atoms with van der Waals surface area (Å²) in [5.74, 6) is 1.17. The van der Waals surface area contributed by atoms with Gasteiger partial charge >= 0.3 is 0 Å². The van der Waals surface area contributed by atoms with Crippen molar-refractivity contribution in [3.63, 3.8) is 0 Å². The van der Waals surface area contributed by atoms with Crippen molar-refractivity contribution < 1.29 is 4.74 Å². The van der Waals surface area contributed by atoms with Crippen molar-refractivity contribution in [1.82, 2.24) is 10.3 Å². The second kappa shape index (κ2) is 9.86. The quantitative estimate of drug-likeness (QED) is 0.438. The molecule has 0 atom stereocenters. The molecule has 0 saturated heterocycles. The Kier molecular flexibility index (Phi) is 8.52. The van der Waals surface area contributed by atoms with E-state index < -0.39 is 0 Å². The summed E-state index contributed by atoms with van der Waals surface area (Å²) in [4.78, 5) is 8.61. The fourth-order valence-electron chi connectivity index (χ4n) is 2.48. The molecule has 1 aromatic rings. The lowest BCUT2D eigenvalue weighted by molar-refractivity contribution is 0.148. The lowest BCUT2D eigenvalue weighted by atomic mass is 9.98. The van der Waals surface area contributed by atoms with Crippen molar-refractivity contribution >= 4 is 29.9 Å². The number of aliphatic imine (C=N–C) groups is 1. The second-order valence-electron chi connectivity index (χ2n) is 5.88. The molecule has 3 N–H and O–H groups in total. The fourth-order valence-corrected chi connectivity index (χ4v) is 2.48. The number of guanidine groups is 1. The Morgan fingerprint density at radius 3 is 2.82 bits per heavy atom. The molecule has 1 heterocycles. The van der Waals surface area contributed by atoms with Crippen molar-refractivity contribution in [3.05, 3.63) is 23.9 Å². The third-order valence-corrected chi connectivity index (χ3v) is 3.51. The van der Waals surface area contributed by atoms with E-state index in [0.717, 1.165) is 18.4 Å². The Balaban J connectivity index is 0.00000242. The van der Waals surface area contributed by atoms with Crippen LogP contribution in [0.3, 0.4) is 0 Å². The van der Waals surface area contributed by atoms with Gasteiger partial charge in [-0.15, -0.1) is 24.0 Å². The Bertz CT molecular complexity index is 473. The van der Waals surface area contributed by atoms with Gasteiger partial charge in [0.05, 0.1) is 6.54 Å². The van der Waals surface area contributed by atoms with E-state index in [-0.39, 0.29) is 30.0 Å². The largest absolute Gasteiger partial charge is 0.474 e. The zero-order chi connectivity index (χ0) is 15.1. The van der Waals surface area contributed by atoms with Crippen LogP contribution >= 0.6 is 24.0 Å². The van der Waals surface area contributed by atoms with Gasteiger partial charge < -0.3 is 15.8 Å². The molecule has 2 rings (SSSR count). The number of aromatic nitrogens is 1. The van der Waals surface area contributed by atoms with Gasteiger partial charge in [-0.25, -0.2) is 9.98 Å². The summed E-state index contributed by atoms with van der Waals surface area (Å²) >= 11 is 0. The number of nitrogens with two attached hydrogens (primary N) is 1. The first-order valence-corrected chi connectivity index (χ1v) is 7.81. The first kappa shape index (κ1) is 19.0. The summed E-state index contributed by atoms with van der Waals surface area (Å²) in [6.07, 6.45) is 8.19. The maximum absolute atomic E-state index is 5.96. The zero-order valence-electron chi connectivity index (χ0n) is 13.4. The highest BCUT2D eigenvalue weighted by molar-refractivity contribution is 14.0. The minimum atomic E-state index is 0. The first-order chi connectivity index (χ1) is 10.1. The molecule has 1 fully saturated rings. The summed E-state index contributed by atoms with van der Waals surface area (Å²) < 4.78 is 5.96. The van der Waals surface area contributed by atoms with Gasteiger partial charge in [0.25, 0.3) is 0 Å². The van der Waals surface area contributed by atoms with E-state index >= 15 is 0 Å². The van der Waals surface area contributed by atoms with Crippen molar-refractivity contribution in [2.24, 2.45) is 10.7 Å². The number of halogens is 1. The molecule has 1 aliphatic carbocycles. The lowest BCUT2D eigenvalue weighted by Gasteiger charge is -2.22. The van der Waals surface area contributed by atoms with Crippen molar-refractivity contribution in [1.29, 1.82) is 0 Å². The van der Waals surface area contributed by atoms with Gasteiger partial charge in [0, 0.05) is 18.3 Å². The van der Waals surface area contributed by atoms with Crippen molar-refractivity contribution in [2.75, 3.05) is 0 Å². The number of nitrogens with one attached hydrogen (secondary N) is 1. The van der Waals surface area contributed by atoms with E-state index in [9.17, 15) is 0 Å². The van der Waals surface area contributed by atoms with Gasteiger partial charge in [-0.2, -0.15) is 0 Å². The van der Waals surface area contributed by atoms with Crippen LogP contribution in [0.1, 0.15) is 51.5 Å². The summed E-state index contributed by atoms with van der Waals surface area (Å²) in [5, 5.41) is 3.07. The van der Waals surface area contributed by atoms with E-state index in [4.69, 9.17) is 10.5 Å². The molecule has 0 amide bonds. The summed E-state index contributed by atoms with van der Waals surface area (Å²) in [6, 6.07) is 4.19. The molecule has 0 aliphatic heterocycles. The maximum atomic E-state index is 5.96. The van der Waals surface area contributed by atoms with Gasteiger partial charge in [0.1, 0.15) is 6.10 Å². The predicted molar refractivity (Wildman–Crippen MR) is 101 cm³/mol. The van der Waals surface area contributed by atoms with Crippen LogP contribution in [0.15, 0.2) is 23.3 Å². The maximum Gasteiger partial charge on any atom is 0.213 e. The smallest absolute Gasteiger partial charge is 0.213 e. The van der Waals surface area contributed by atoms with Gasteiger partial charge in [0.2, 0.25) is 5.88 Å². The molecular weight excluding hydrogens is 391 g/mol. The monoisotopic (exact) mass is 418 g/mol. The molecule has 5 nitrogen and oxygen atoms in total. The lowest BCUT2D eigenvalue weighted by Crippen LogP contribution is -2.36. The number of hydrogen-bond acceptors (Lipinski definition) is 3. The van der Waals surface area contributed by atoms with Crippen molar-refractivity contribution in [2.45, 2.75) is 64.6 Å². The van der Waals surface area contributed by atoms with E-state index in [1.54, 1.807) is 6.20 Å². The molecule has 0 bridgehead atoms. The molecule has 0 spiro atoms. The van der Waals surface area contributed by atoms with Crippen LogP contribution in [-0.4, -0.2) is 23.1 Å². The van der Waals surface area contributed by atoms with Gasteiger partial charge in [-0.3, -0.25) is 0 Å². The van der Waals surface area contributed by atoms with Gasteiger partial charge in [0.15, 0.2) is 5.96 Å². The normalized spacial score (nSPS) is 16.2. The summed E-state index contributed by atoms with van der Waals surface area (Å²) in [7, 11) is 0. The number of hydrogen-bond donors (Lipinski definition) is 2. The Morgan fingerprint density at radius 1 is 1.41 bits per heavy atom. The predicted octanol–water partition coefficient (Wildman–Crippen LogP) is 3.22. The second-order valence-corrected chi connectivity index (χ2v) is 5.88. The highest BCUT2D eigenvalue weighted by Crippen LogP contribution is 2.22. The Morgan fingerprint density at radius 2 is 2.14 bits per heavy atom. The Labute approximate surface area is 150 Å². The summed E-state index contributed by atoms with van der Waals surface area (Å²) in [5.41, 5.74) is 6.86. The van der Waals surface area contributed by atoms with E-state index in [0.29, 0.717) is 24.5 Å². The molecule has 0 unspecified atom stereocenters. The number of ether oxygens (including phenoxy) is 1. The number of pyridine rings is 1. The van der Waals surface area contributed by atoms with Gasteiger partial charge in [-0.05, 0) is 51.2 Å². The number of rotatable bonds is 5. The highest BCUT2D eigenvalue weighted by atomic mass is 127. The minimum absolute atomic E-state index is 0. The third kappa shape index (κ3) is 6.81. The van der Waals surface area contributed by atoms with Crippen LogP contribution in [0.2, 0.25) is 0 Å². The van der Waals surface area contributed by atoms with Gasteiger partial charge in [-0.1, -0.05) is 6.42 Å². The topological polar surface area (TPSA) is 72.5 Å². The summed E-state index contributed by atoms with van der Waals surface area (Å²) in [6.45, 7) is 4.60. The van der Waals surface area contributed by atoms with Crippen LogP contribution in [0, 0.1) is 0 Å². The zero-order valence-corrected chi connectivity index (χ0v) is 15.7. The standard InChI is InChI=1S/C16H26N4O.HI/c1-12(2)20-16(17)19-11-13-8-9-18-15(10-13)21-14-6-4-3-5-7-14;/h8-10,12,14H,3-7,11H2,1-2H3,(H3,17,19,20);1H. The third-order valence-electron chi connectivity index (χ3n) is 3.51. The molecule has 22 heavy (non-hydrogen) atoms. The average Bonchev–Trinajstić information content (AvgIpc) is 2.46. The van der Waals surface area contributed by atoms with E-state index in [2.05, 4.69) is 15.3 Å².